The molecule has 0 spiro atoms. The van der Waals surface area contributed by atoms with E-state index in [1.165, 1.54) is 0 Å². The summed E-state index contributed by atoms with van der Waals surface area (Å²) in [4.78, 5) is 28.1. The predicted octanol–water partition coefficient (Wildman–Crippen LogP) is 4.92. The van der Waals surface area contributed by atoms with Crippen LogP contribution in [0.3, 0.4) is 0 Å². The molecule has 0 fully saturated rings. The van der Waals surface area contributed by atoms with Gasteiger partial charge in [0.1, 0.15) is 5.75 Å². The van der Waals surface area contributed by atoms with Crippen LogP contribution in [-0.4, -0.2) is 18.3 Å². The van der Waals surface area contributed by atoms with E-state index in [4.69, 9.17) is 4.74 Å². The Morgan fingerprint density at radius 1 is 1.04 bits per heavy atom. The molecule has 0 saturated carbocycles. The van der Waals surface area contributed by atoms with Gasteiger partial charge in [-0.3, -0.25) is 14.5 Å². The van der Waals surface area contributed by atoms with Gasteiger partial charge in [0, 0.05) is 35.6 Å². The molecule has 1 aliphatic heterocycles. The first kappa shape index (κ1) is 18.5. The van der Waals surface area contributed by atoms with Gasteiger partial charge in [-0.25, -0.2) is 0 Å². The summed E-state index contributed by atoms with van der Waals surface area (Å²) >= 11 is 0. The first-order valence-electron chi connectivity index (χ1n) is 9.98. The van der Waals surface area contributed by atoms with E-state index in [-0.39, 0.29) is 24.0 Å². The Balaban J connectivity index is 1.88. The topological polar surface area (TPSA) is 46.6 Å². The second kappa shape index (κ2) is 7.63. The Kier molecular flexibility index (Phi) is 5.03. The lowest BCUT2D eigenvalue weighted by Crippen LogP contribution is -2.41. The molecule has 1 aliphatic carbocycles. The zero-order valence-electron chi connectivity index (χ0n) is 16.4. The number of ether oxygens (including phenoxy) is 1. The lowest BCUT2D eigenvalue weighted by molar-refractivity contribution is -0.119. The number of anilines is 1. The van der Waals surface area contributed by atoms with Crippen LogP contribution in [0, 0.1) is 6.92 Å². The molecule has 1 unspecified atom stereocenters. The van der Waals surface area contributed by atoms with Crippen molar-refractivity contribution in [2.75, 3.05) is 11.5 Å². The van der Waals surface area contributed by atoms with Crippen LogP contribution in [0.2, 0.25) is 0 Å². The molecule has 144 valence electrons. The van der Waals surface area contributed by atoms with E-state index in [1.54, 1.807) is 4.90 Å². The fourth-order valence-corrected chi connectivity index (χ4v) is 4.41. The van der Waals surface area contributed by atoms with Crippen molar-refractivity contribution in [3.8, 4) is 5.75 Å². The number of ketones is 1. The maximum absolute atomic E-state index is 13.3. The molecule has 1 amide bonds. The van der Waals surface area contributed by atoms with Crippen molar-refractivity contribution in [1.82, 2.24) is 0 Å². The smallest absolute Gasteiger partial charge is 0.232 e. The summed E-state index contributed by atoms with van der Waals surface area (Å²) in [7, 11) is 0. The number of allylic oxidation sites excluding steroid dienone is 2. The molecule has 4 rings (SSSR count). The second-order valence-electron chi connectivity index (χ2n) is 7.38. The van der Waals surface area contributed by atoms with E-state index in [0.29, 0.717) is 13.0 Å². The summed E-state index contributed by atoms with van der Waals surface area (Å²) in [5.41, 5.74) is 4.52. The van der Waals surface area contributed by atoms with Gasteiger partial charge in [-0.15, -0.1) is 0 Å². The molecular formula is C24H25NO3. The van der Waals surface area contributed by atoms with Gasteiger partial charge in [-0.2, -0.15) is 0 Å². The molecule has 0 aromatic heterocycles. The maximum atomic E-state index is 13.3. The number of benzene rings is 2. The fourth-order valence-electron chi connectivity index (χ4n) is 4.41. The summed E-state index contributed by atoms with van der Waals surface area (Å²) in [5.74, 6) is 0.721. The third-order valence-corrected chi connectivity index (χ3v) is 5.63. The molecule has 0 saturated heterocycles. The largest absolute Gasteiger partial charge is 0.494 e. The average Bonchev–Trinajstić information content (AvgIpc) is 2.69. The van der Waals surface area contributed by atoms with Crippen molar-refractivity contribution in [1.29, 1.82) is 0 Å². The molecule has 4 heteroatoms. The number of carbonyl (C=O) groups is 2. The number of aryl methyl sites for hydroxylation is 1. The molecule has 0 bridgehead atoms. The Bertz CT molecular complexity index is 960. The summed E-state index contributed by atoms with van der Waals surface area (Å²) in [6.45, 7) is 4.50. The summed E-state index contributed by atoms with van der Waals surface area (Å²) in [6.07, 6.45) is 2.35. The number of para-hydroxylation sites is 2. The number of hydrogen-bond acceptors (Lipinski definition) is 3. The van der Waals surface area contributed by atoms with Crippen molar-refractivity contribution in [2.45, 2.75) is 45.4 Å². The van der Waals surface area contributed by atoms with Crippen molar-refractivity contribution < 1.29 is 14.3 Å². The van der Waals surface area contributed by atoms with Gasteiger partial charge in [0.2, 0.25) is 5.91 Å². The Labute approximate surface area is 165 Å². The standard InChI is InChI=1S/C24H25NO3/c1-3-28-22-14-7-5-10-17(22)18-15-23(27)25(19-11-6-4-9-16(19)2)20-12-8-13-21(26)24(18)20/h4-7,9-11,14,18H,3,8,12-13,15H2,1-2H3. The van der Waals surface area contributed by atoms with Crippen molar-refractivity contribution in [2.24, 2.45) is 0 Å². The summed E-state index contributed by atoms with van der Waals surface area (Å²) in [6, 6.07) is 15.7. The minimum Gasteiger partial charge on any atom is -0.494 e. The molecule has 2 aromatic rings. The van der Waals surface area contributed by atoms with Gasteiger partial charge in [-0.05, 0) is 44.4 Å². The number of amides is 1. The van der Waals surface area contributed by atoms with E-state index in [9.17, 15) is 9.59 Å². The van der Waals surface area contributed by atoms with Gasteiger partial charge in [0.15, 0.2) is 5.78 Å². The van der Waals surface area contributed by atoms with Gasteiger partial charge >= 0.3 is 0 Å². The third-order valence-electron chi connectivity index (χ3n) is 5.63. The Morgan fingerprint density at radius 2 is 1.79 bits per heavy atom. The fraction of sp³-hybridized carbons (Fsp3) is 0.333. The molecule has 2 aromatic carbocycles. The average molecular weight is 375 g/mol. The van der Waals surface area contributed by atoms with Gasteiger partial charge in [-0.1, -0.05) is 36.4 Å². The predicted molar refractivity (Wildman–Crippen MR) is 110 cm³/mol. The van der Waals surface area contributed by atoms with Crippen LogP contribution in [0.4, 0.5) is 5.69 Å². The molecular weight excluding hydrogens is 350 g/mol. The highest BCUT2D eigenvalue weighted by atomic mass is 16.5. The zero-order valence-corrected chi connectivity index (χ0v) is 16.4. The number of hydrogen-bond donors (Lipinski definition) is 0. The number of Topliss-reactive ketones (excluding diaryl/α,β-unsaturated/α-hetero) is 1. The summed E-state index contributed by atoms with van der Waals surface area (Å²) < 4.78 is 5.81. The highest BCUT2D eigenvalue weighted by Crippen LogP contribution is 2.45. The lowest BCUT2D eigenvalue weighted by Gasteiger charge is -2.39. The van der Waals surface area contributed by atoms with Crippen molar-refractivity contribution in [3.05, 3.63) is 70.9 Å². The van der Waals surface area contributed by atoms with E-state index < -0.39 is 0 Å². The zero-order chi connectivity index (χ0) is 19.7. The minimum atomic E-state index is -0.238. The Hall–Kier alpha value is -2.88. The number of nitrogens with zero attached hydrogens (tertiary/aromatic N) is 1. The second-order valence-corrected chi connectivity index (χ2v) is 7.38. The highest BCUT2D eigenvalue weighted by Gasteiger charge is 2.40. The number of carbonyl (C=O) groups excluding carboxylic acids is 2. The number of rotatable bonds is 4. The van der Waals surface area contributed by atoms with Crippen LogP contribution >= 0.6 is 0 Å². The van der Waals surface area contributed by atoms with Crippen LogP contribution < -0.4 is 9.64 Å². The minimum absolute atomic E-state index is 0.0408. The van der Waals surface area contributed by atoms with Crippen LogP contribution in [0.25, 0.3) is 0 Å². The van der Waals surface area contributed by atoms with E-state index in [0.717, 1.165) is 46.7 Å². The summed E-state index contributed by atoms with van der Waals surface area (Å²) in [5, 5.41) is 0. The highest BCUT2D eigenvalue weighted by molar-refractivity contribution is 6.07. The molecule has 1 heterocycles. The monoisotopic (exact) mass is 375 g/mol. The SMILES string of the molecule is CCOc1ccccc1C1CC(=O)N(c2ccccc2C)C2=C1C(=O)CCC2. The molecule has 1 atom stereocenters. The Morgan fingerprint density at radius 3 is 2.57 bits per heavy atom. The van der Waals surface area contributed by atoms with Crippen molar-refractivity contribution in [3.63, 3.8) is 0 Å². The van der Waals surface area contributed by atoms with Crippen LogP contribution in [0.5, 0.6) is 5.75 Å². The first-order valence-corrected chi connectivity index (χ1v) is 9.98. The quantitative estimate of drug-likeness (QED) is 0.762. The van der Waals surface area contributed by atoms with E-state index >= 15 is 0 Å². The van der Waals surface area contributed by atoms with Crippen LogP contribution in [-0.2, 0) is 9.59 Å². The lowest BCUT2D eigenvalue weighted by atomic mass is 9.76. The molecule has 0 N–H and O–H groups in total. The molecule has 4 nitrogen and oxygen atoms in total. The van der Waals surface area contributed by atoms with E-state index in [1.807, 2.05) is 62.4 Å². The van der Waals surface area contributed by atoms with Gasteiger partial charge in [0.05, 0.1) is 12.3 Å². The van der Waals surface area contributed by atoms with Crippen molar-refractivity contribution >= 4 is 17.4 Å². The third kappa shape index (κ3) is 3.13. The van der Waals surface area contributed by atoms with Crippen LogP contribution in [0.1, 0.15) is 49.7 Å². The normalized spacial score (nSPS) is 19.6. The molecule has 28 heavy (non-hydrogen) atoms. The van der Waals surface area contributed by atoms with E-state index in [2.05, 4.69) is 0 Å². The van der Waals surface area contributed by atoms with Gasteiger partial charge < -0.3 is 4.74 Å². The maximum Gasteiger partial charge on any atom is 0.232 e. The first-order chi connectivity index (χ1) is 13.6. The van der Waals surface area contributed by atoms with Gasteiger partial charge in [0.25, 0.3) is 0 Å². The molecule has 2 aliphatic rings. The van der Waals surface area contributed by atoms with Crippen LogP contribution in [0.15, 0.2) is 59.8 Å². The molecule has 0 radical (unpaired) electrons.